The summed E-state index contributed by atoms with van der Waals surface area (Å²) in [6, 6.07) is 0.888. The molecule has 2 atom stereocenters. The van der Waals surface area contributed by atoms with Crippen LogP contribution in [0.3, 0.4) is 0 Å². The number of hydrogen-bond acceptors (Lipinski definition) is 2. The van der Waals surface area contributed by atoms with Crippen LogP contribution < -0.4 is 0 Å². The second kappa shape index (κ2) is 5.65. The molecule has 2 aliphatic rings. The van der Waals surface area contributed by atoms with E-state index in [2.05, 4.69) is 32.8 Å². The van der Waals surface area contributed by atoms with E-state index in [1.807, 2.05) is 0 Å². The van der Waals surface area contributed by atoms with E-state index in [1.165, 1.54) is 51.9 Å². The van der Waals surface area contributed by atoms with Gasteiger partial charge in [-0.25, -0.2) is 0 Å². The number of likely N-dealkylation sites (tertiary alicyclic amines) is 2. The molecular weight excluding hydrogens is 252 g/mol. The van der Waals surface area contributed by atoms with Gasteiger partial charge < -0.3 is 9.80 Å². The molecule has 0 spiro atoms. The topological polar surface area (TPSA) is 6.48 Å². The van der Waals surface area contributed by atoms with Crippen LogP contribution in [0.4, 0.5) is 0 Å². The molecule has 2 rings (SSSR count). The van der Waals surface area contributed by atoms with Gasteiger partial charge >= 0.3 is 0 Å². The zero-order valence-corrected chi connectivity index (χ0v) is 11.4. The highest BCUT2D eigenvalue weighted by atomic mass is 79.9. The molecule has 3 heteroatoms. The number of alkyl halides is 1. The molecule has 2 unspecified atom stereocenters. The summed E-state index contributed by atoms with van der Waals surface area (Å²) < 4.78 is 0. The van der Waals surface area contributed by atoms with Crippen LogP contribution in [0.1, 0.15) is 25.7 Å². The Bertz CT molecular complexity index is 198. The van der Waals surface area contributed by atoms with Crippen LogP contribution >= 0.6 is 15.9 Å². The summed E-state index contributed by atoms with van der Waals surface area (Å²) in [4.78, 5) is 5.26. The van der Waals surface area contributed by atoms with Gasteiger partial charge in [0.25, 0.3) is 0 Å². The summed E-state index contributed by atoms with van der Waals surface area (Å²) in [6.45, 7) is 5.28. The van der Waals surface area contributed by atoms with E-state index in [9.17, 15) is 0 Å². The molecule has 2 saturated heterocycles. The minimum Gasteiger partial charge on any atom is -0.303 e. The highest BCUT2D eigenvalue weighted by Gasteiger charge is 2.33. The number of hydrogen-bond donors (Lipinski definition) is 0. The van der Waals surface area contributed by atoms with Crippen molar-refractivity contribution < 1.29 is 0 Å². The average Bonchev–Trinajstić information content (AvgIpc) is 2.26. The van der Waals surface area contributed by atoms with E-state index >= 15 is 0 Å². The normalized spacial score (nSPS) is 34.0. The molecule has 88 valence electrons. The Labute approximate surface area is 102 Å². The summed E-state index contributed by atoms with van der Waals surface area (Å²) in [5, 5.41) is 1.15. The molecule has 0 amide bonds. The number of piperidine rings is 2. The van der Waals surface area contributed by atoms with Gasteiger partial charge in [0.05, 0.1) is 0 Å². The SMILES string of the molecule is CN1CCCC2CN(CCCBr)CCC21. The Morgan fingerprint density at radius 1 is 1.27 bits per heavy atom. The van der Waals surface area contributed by atoms with Crippen molar-refractivity contribution in [1.82, 2.24) is 9.80 Å². The third-order valence-electron chi connectivity index (χ3n) is 4.04. The molecule has 0 radical (unpaired) electrons. The van der Waals surface area contributed by atoms with Gasteiger partial charge in [0.2, 0.25) is 0 Å². The number of rotatable bonds is 3. The lowest BCUT2D eigenvalue weighted by Crippen LogP contribution is -2.52. The Morgan fingerprint density at radius 2 is 2.13 bits per heavy atom. The highest BCUT2D eigenvalue weighted by Crippen LogP contribution is 2.29. The Hall–Kier alpha value is 0.400. The maximum atomic E-state index is 3.52. The molecule has 0 aromatic rings. The van der Waals surface area contributed by atoms with Crippen LogP contribution in [0, 0.1) is 5.92 Å². The van der Waals surface area contributed by atoms with Crippen LogP contribution in [0.2, 0.25) is 0 Å². The fraction of sp³-hybridized carbons (Fsp3) is 1.00. The molecule has 0 aliphatic carbocycles. The van der Waals surface area contributed by atoms with Crippen molar-refractivity contribution in [2.24, 2.45) is 5.92 Å². The van der Waals surface area contributed by atoms with Crippen molar-refractivity contribution in [3.8, 4) is 0 Å². The number of fused-ring (bicyclic) bond motifs is 1. The molecule has 2 fully saturated rings. The summed E-state index contributed by atoms with van der Waals surface area (Å²) in [5.74, 6) is 0.952. The molecular formula is C12H23BrN2. The predicted molar refractivity (Wildman–Crippen MR) is 68.6 cm³/mol. The average molecular weight is 275 g/mol. The molecule has 2 nitrogen and oxygen atoms in total. The third kappa shape index (κ3) is 2.95. The largest absolute Gasteiger partial charge is 0.303 e. The van der Waals surface area contributed by atoms with E-state index in [0.717, 1.165) is 17.3 Å². The van der Waals surface area contributed by atoms with E-state index in [4.69, 9.17) is 0 Å². The fourth-order valence-electron chi connectivity index (χ4n) is 3.21. The van der Waals surface area contributed by atoms with Crippen molar-refractivity contribution >= 4 is 15.9 Å². The summed E-state index contributed by atoms with van der Waals surface area (Å²) in [7, 11) is 2.31. The molecule has 0 N–H and O–H groups in total. The molecule has 2 aliphatic heterocycles. The van der Waals surface area contributed by atoms with Crippen LogP contribution in [-0.4, -0.2) is 54.4 Å². The Kier molecular flexibility index (Phi) is 4.47. The molecule has 0 aromatic heterocycles. The van der Waals surface area contributed by atoms with Crippen LogP contribution in [0.5, 0.6) is 0 Å². The van der Waals surface area contributed by atoms with E-state index in [1.54, 1.807) is 0 Å². The van der Waals surface area contributed by atoms with Crippen molar-refractivity contribution in [2.45, 2.75) is 31.7 Å². The Balaban J connectivity index is 1.83. The van der Waals surface area contributed by atoms with Gasteiger partial charge in [0.1, 0.15) is 0 Å². The standard InChI is InChI=1S/C12H23BrN2/c1-14-7-2-4-11-10-15(8-3-6-13)9-5-12(11)14/h11-12H,2-10H2,1H3. The van der Waals surface area contributed by atoms with Gasteiger partial charge in [-0.05, 0) is 58.3 Å². The van der Waals surface area contributed by atoms with Crippen LogP contribution in [0.25, 0.3) is 0 Å². The summed E-state index contributed by atoms with van der Waals surface area (Å²) in [5.41, 5.74) is 0. The predicted octanol–water partition coefficient (Wildman–Crippen LogP) is 2.19. The lowest BCUT2D eigenvalue weighted by molar-refractivity contribution is 0.0389. The van der Waals surface area contributed by atoms with Gasteiger partial charge in [-0.3, -0.25) is 0 Å². The second-order valence-electron chi connectivity index (χ2n) is 5.08. The summed E-state index contributed by atoms with van der Waals surface area (Å²) in [6.07, 6.45) is 5.56. The van der Waals surface area contributed by atoms with E-state index in [-0.39, 0.29) is 0 Å². The fourth-order valence-corrected chi connectivity index (χ4v) is 3.47. The Morgan fingerprint density at radius 3 is 2.93 bits per heavy atom. The van der Waals surface area contributed by atoms with Crippen LogP contribution in [-0.2, 0) is 0 Å². The molecule has 0 aromatic carbocycles. The van der Waals surface area contributed by atoms with Crippen molar-refractivity contribution in [3.05, 3.63) is 0 Å². The minimum atomic E-state index is 0.888. The summed E-state index contributed by atoms with van der Waals surface area (Å²) >= 11 is 3.52. The van der Waals surface area contributed by atoms with E-state index < -0.39 is 0 Å². The molecule has 0 bridgehead atoms. The van der Waals surface area contributed by atoms with Gasteiger partial charge in [-0.1, -0.05) is 15.9 Å². The maximum Gasteiger partial charge on any atom is 0.0145 e. The highest BCUT2D eigenvalue weighted by molar-refractivity contribution is 9.09. The molecule has 0 saturated carbocycles. The number of halogens is 1. The minimum absolute atomic E-state index is 0.888. The lowest BCUT2D eigenvalue weighted by Gasteiger charge is -2.46. The first-order chi connectivity index (χ1) is 7.31. The monoisotopic (exact) mass is 274 g/mol. The van der Waals surface area contributed by atoms with Crippen molar-refractivity contribution in [3.63, 3.8) is 0 Å². The molecule has 2 heterocycles. The third-order valence-corrected chi connectivity index (χ3v) is 4.60. The van der Waals surface area contributed by atoms with Gasteiger partial charge in [-0.15, -0.1) is 0 Å². The first-order valence-electron chi connectivity index (χ1n) is 6.30. The van der Waals surface area contributed by atoms with Gasteiger partial charge in [0, 0.05) is 17.9 Å². The van der Waals surface area contributed by atoms with E-state index in [0.29, 0.717) is 0 Å². The van der Waals surface area contributed by atoms with Crippen molar-refractivity contribution in [2.75, 3.05) is 38.6 Å². The first-order valence-corrected chi connectivity index (χ1v) is 7.42. The smallest absolute Gasteiger partial charge is 0.0145 e. The van der Waals surface area contributed by atoms with Gasteiger partial charge in [0.15, 0.2) is 0 Å². The van der Waals surface area contributed by atoms with Crippen LogP contribution in [0.15, 0.2) is 0 Å². The maximum absolute atomic E-state index is 3.52. The van der Waals surface area contributed by atoms with Crippen molar-refractivity contribution in [1.29, 1.82) is 0 Å². The zero-order chi connectivity index (χ0) is 10.7. The first kappa shape index (κ1) is 11.9. The zero-order valence-electron chi connectivity index (χ0n) is 9.79. The lowest BCUT2D eigenvalue weighted by atomic mass is 9.84. The second-order valence-corrected chi connectivity index (χ2v) is 5.88. The molecule has 15 heavy (non-hydrogen) atoms. The number of nitrogens with zero attached hydrogens (tertiary/aromatic N) is 2. The quantitative estimate of drug-likeness (QED) is 0.728. The van der Waals surface area contributed by atoms with Gasteiger partial charge in [-0.2, -0.15) is 0 Å².